The summed E-state index contributed by atoms with van der Waals surface area (Å²) in [7, 11) is 0. The van der Waals surface area contributed by atoms with Crippen molar-refractivity contribution in [1.29, 1.82) is 0 Å². The number of nitrogens with one attached hydrogen (secondary N) is 2. The van der Waals surface area contributed by atoms with Gasteiger partial charge in [-0.2, -0.15) is 5.10 Å². The number of aromatic nitrogens is 3. The van der Waals surface area contributed by atoms with Gasteiger partial charge in [-0.15, -0.1) is 0 Å². The highest BCUT2D eigenvalue weighted by molar-refractivity contribution is 5.78. The first kappa shape index (κ1) is 16.8. The van der Waals surface area contributed by atoms with Crippen LogP contribution in [0.25, 0.3) is 16.8 Å². The smallest absolute Gasteiger partial charge is 0.220 e. The molecular weight excluding hydrogens is 318 g/mol. The van der Waals surface area contributed by atoms with Crippen LogP contribution in [-0.4, -0.2) is 38.7 Å². The van der Waals surface area contributed by atoms with Gasteiger partial charge in [0.05, 0.1) is 6.20 Å². The molecule has 7 heteroatoms. The number of rotatable bonds is 7. The maximum Gasteiger partial charge on any atom is 0.220 e. The number of phenolic OH excluding ortho intramolecular Hbond substituents is 1. The molecule has 0 aliphatic rings. The first-order chi connectivity index (χ1) is 12.2. The van der Waals surface area contributed by atoms with Crippen molar-refractivity contribution >= 4 is 17.4 Å². The Balaban J connectivity index is 1.71. The second kappa shape index (κ2) is 7.65. The maximum absolute atomic E-state index is 11.4. The molecule has 1 aromatic carbocycles. The van der Waals surface area contributed by atoms with Crippen LogP contribution in [0.3, 0.4) is 0 Å². The molecule has 0 fully saturated rings. The molecule has 0 aliphatic carbocycles. The number of anilines is 1. The largest absolute Gasteiger partial charge is 0.508 e. The third-order valence-corrected chi connectivity index (χ3v) is 3.76. The molecule has 25 heavy (non-hydrogen) atoms. The third-order valence-electron chi connectivity index (χ3n) is 3.76. The van der Waals surface area contributed by atoms with E-state index in [1.807, 2.05) is 25.3 Å². The van der Waals surface area contributed by atoms with Crippen molar-refractivity contribution in [3.8, 4) is 16.9 Å². The fraction of sp³-hybridized carbons (Fsp3) is 0.278. The predicted molar refractivity (Wildman–Crippen MR) is 96.5 cm³/mol. The van der Waals surface area contributed by atoms with Crippen LogP contribution in [0, 0.1) is 0 Å². The van der Waals surface area contributed by atoms with Gasteiger partial charge in [0, 0.05) is 31.3 Å². The maximum atomic E-state index is 11.4. The zero-order valence-corrected chi connectivity index (χ0v) is 14.1. The lowest BCUT2D eigenvalue weighted by molar-refractivity contribution is -0.121. The van der Waals surface area contributed by atoms with Gasteiger partial charge in [-0.1, -0.05) is 19.1 Å². The highest BCUT2D eigenvalue weighted by Crippen LogP contribution is 2.26. The fourth-order valence-electron chi connectivity index (χ4n) is 2.55. The number of amides is 1. The Hall–Kier alpha value is -3.09. The van der Waals surface area contributed by atoms with Crippen LogP contribution in [0.2, 0.25) is 0 Å². The first-order valence-corrected chi connectivity index (χ1v) is 8.31. The standard InChI is InChI=1S/C18H21N5O2/c1-2-4-17(25)20-9-8-19-16-7-10-23-18(22-16)15(12-21-23)13-5-3-6-14(24)11-13/h3,5-7,10-12,24H,2,4,8-9H2,1H3,(H,19,22)(H,20,25). The van der Waals surface area contributed by atoms with Gasteiger partial charge in [0.25, 0.3) is 0 Å². The third kappa shape index (κ3) is 4.06. The van der Waals surface area contributed by atoms with Gasteiger partial charge < -0.3 is 15.7 Å². The molecule has 130 valence electrons. The molecule has 1 amide bonds. The Morgan fingerprint density at radius 1 is 1.28 bits per heavy atom. The summed E-state index contributed by atoms with van der Waals surface area (Å²) in [6.07, 6.45) is 4.95. The molecule has 0 saturated carbocycles. The monoisotopic (exact) mass is 339 g/mol. The second-order valence-electron chi connectivity index (χ2n) is 5.72. The van der Waals surface area contributed by atoms with Gasteiger partial charge >= 0.3 is 0 Å². The predicted octanol–water partition coefficient (Wildman–Crippen LogP) is 2.43. The lowest BCUT2D eigenvalue weighted by Crippen LogP contribution is -2.28. The Morgan fingerprint density at radius 3 is 2.96 bits per heavy atom. The van der Waals surface area contributed by atoms with Gasteiger partial charge in [-0.25, -0.2) is 9.50 Å². The minimum Gasteiger partial charge on any atom is -0.508 e. The number of nitrogens with zero attached hydrogens (tertiary/aromatic N) is 3. The van der Waals surface area contributed by atoms with Gasteiger partial charge in [0.15, 0.2) is 5.65 Å². The molecule has 3 rings (SSSR count). The number of benzene rings is 1. The van der Waals surface area contributed by atoms with Gasteiger partial charge in [-0.3, -0.25) is 4.79 Å². The van der Waals surface area contributed by atoms with E-state index < -0.39 is 0 Å². The Morgan fingerprint density at radius 2 is 2.16 bits per heavy atom. The van der Waals surface area contributed by atoms with E-state index in [0.29, 0.717) is 31.0 Å². The van der Waals surface area contributed by atoms with Crippen molar-refractivity contribution in [3.63, 3.8) is 0 Å². The zero-order chi connectivity index (χ0) is 17.6. The van der Waals surface area contributed by atoms with Crippen LogP contribution >= 0.6 is 0 Å². The molecule has 0 saturated heterocycles. The molecule has 2 heterocycles. The quantitative estimate of drug-likeness (QED) is 0.575. The molecule has 0 radical (unpaired) electrons. The van der Waals surface area contributed by atoms with E-state index in [9.17, 15) is 9.90 Å². The van der Waals surface area contributed by atoms with E-state index in [1.165, 1.54) is 0 Å². The molecule has 3 aromatic rings. The highest BCUT2D eigenvalue weighted by Gasteiger charge is 2.09. The highest BCUT2D eigenvalue weighted by atomic mass is 16.3. The Bertz CT molecular complexity index is 875. The number of fused-ring (bicyclic) bond motifs is 1. The molecule has 7 nitrogen and oxygen atoms in total. The molecule has 0 aliphatic heterocycles. The average molecular weight is 339 g/mol. The minimum absolute atomic E-state index is 0.0645. The normalized spacial score (nSPS) is 10.8. The number of phenols is 1. The summed E-state index contributed by atoms with van der Waals surface area (Å²) < 4.78 is 1.69. The van der Waals surface area contributed by atoms with Crippen LogP contribution in [0.15, 0.2) is 42.7 Å². The molecule has 3 N–H and O–H groups in total. The summed E-state index contributed by atoms with van der Waals surface area (Å²) in [5.41, 5.74) is 2.40. The summed E-state index contributed by atoms with van der Waals surface area (Å²) >= 11 is 0. The van der Waals surface area contributed by atoms with Crippen molar-refractivity contribution in [2.45, 2.75) is 19.8 Å². The SMILES string of the molecule is CCCC(=O)NCCNc1ccn2ncc(-c3cccc(O)c3)c2n1. The van der Waals surface area contributed by atoms with Crippen molar-refractivity contribution in [1.82, 2.24) is 19.9 Å². The molecule has 0 unspecified atom stereocenters. The van der Waals surface area contributed by atoms with Crippen LogP contribution in [-0.2, 0) is 4.79 Å². The van der Waals surface area contributed by atoms with E-state index in [0.717, 1.165) is 17.5 Å². The first-order valence-electron chi connectivity index (χ1n) is 8.31. The van der Waals surface area contributed by atoms with Gasteiger partial charge in [0.1, 0.15) is 11.6 Å². The number of aromatic hydroxyl groups is 1. The van der Waals surface area contributed by atoms with Crippen molar-refractivity contribution in [2.24, 2.45) is 0 Å². The van der Waals surface area contributed by atoms with Crippen LogP contribution in [0.1, 0.15) is 19.8 Å². The fourth-order valence-corrected chi connectivity index (χ4v) is 2.55. The number of hydrogen-bond acceptors (Lipinski definition) is 5. The van der Waals surface area contributed by atoms with E-state index >= 15 is 0 Å². The van der Waals surface area contributed by atoms with E-state index in [2.05, 4.69) is 20.7 Å². The summed E-state index contributed by atoms with van der Waals surface area (Å²) in [6, 6.07) is 8.83. The van der Waals surface area contributed by atoms with Gasteiger partial charge in [-0.05, 0) is 30.2 Å². The minimum atomic E-state index is 0.0645. The summed E-state index contributed by atoms with van der Waals surface area (Å²) in [4.78, 5) is 16.0. The molecule has 2 aromatic heterocycles. The number of carbonyl (C=O) groups is 1. The Labute approximate surface area is 145 Å². The summed E-state index contributed by atoms with van der Waals surface area (Å²) in [5.74, 6) is 0.975. The molecular formula is C18H21N5O2. The number of hydrogen-bond donors (Lipinski definition) is 3. The number of carbonyl (C=O) groups excluding carboxylic acids is 1. The van der Waals surface area contributed by atoms with Gasteiger partial charge in [0.2, 0.25) is 5.91 Å². The van der Waals surface area contributed by atoms with E-state index in [4.69, 9.17) is 0 Å². The van der Waals surface area contributed by atoms with Crippen molar-refractivity contribution < 1.29 is 9.90 Å². The van der Waals surface area contributed by atoms with Crippen LogP contribution < -0.4 is 10.6 Å². The average Bonchev–Trinajstić information content (AvgIpc) is 3.02. The molecule has 0 atom stereocenters. The second-order valence-corrected chi connectivity index (χ2v) is 5.72. The van der Waals surface area contributed by atoms with E-state index in [1.54, 1.807) is 28.9 Å². The summed E-state index contributed by atoms with van der Waals surface area (Å²) in [5, 5.41) is 20.0. The Kier molecular flexibility index (Phi) is 5.13. The summed E-state index contributed by atoms with van der Waals surface area (Å²) in [6.45, 7) is 3.12. The van der Waals surface area contributed by atoms with Crippen LogP contribution in [0.4, 0.5) is 5.82 Å². The zero-order valence-electron chi connectivity index (χ0n) is 14.1. The molecule has 0 spiro atoms. The lowest BCUT2D eigenvalue weighted by Gasteiger charge is -2.08. The lowest BCUT2D eigenvalue weighted by atomic mass is 10.1. The van der Waals surface area contributed by atoms with Crippen LogP contribution in [0.5, 0.6) is 5.75 Å². The van der Waals surface area contributed by atoms with Crippen molar-refractivity contribution in [2.75, 3.05) is 18.4 Å². The van der Waals surface area contributed by atoms with E-state index in [-0.39, 0.29) is 11.7 Å². The van der Waals surface area contributed by atoms with Crippen molar-refractivity contribution in [3.05, 3.63) is 42.7 Å². The topological polar surface area (TPSA) is 91.6 Å². The molecule has 0 bridgehead atoms.